The van der Waals surface area contributed by atoms with Gasteiger partial charge in [-0.15, -0.1) is 0 Å². The number of nitro benzene ring substituents is 1. The molecule has 0 saturated carbocycles. The minimum absolute atomic E-state index is 0.0481. The number of sulfonamides is 1. The van der Waals surface area contributed by atoms with Gasteiger partial charge in [-0.2, -0.15) is 13.1 Å². The van der Waals surface area contributed by atoms with Crippen LogP contribution < -0.4 is 9.80 Å². The van der Waals surface area contributed by atoms with Gasteiger partial charge in [0, 0.05) is 49.4 Å². The molecule has 0 bridgehead atoms. The maximum Gasteiger partial charge on any atom is 0.346 e. The van der Waals surface area contributed by atoms with Crippen molar-refractivity contribution in [2.24, 2.45) is 0 Å². The zero-order chi connectivity index (χ0) is 30.6. The first-order chi connectivity index (χ1) is 20.5. The van der Waals surface area contributed by atoms with Gasteiger partial charge in [0.1, 0.15) is 12.1 Å². The summed E-state index contributed by atoms with van der Waals surface area (Å²) in [5.41, 5.74) is 0.509. The maximum absolute atomic E-state index is 14.6. The number of hydrogen-bond donors (Lipinski definition) is 0. The quantitative estimate of drug-likeness (QED) is 0.133. The van der Waals surface area contributed by atoms with Crippen LogP contribution in [-0.4, -0.2) is 60.3 Å². The van der Waals surface area contributed by atoms with E-state index in [-0.39, 0.29) is 26.2 Å². The summed E-state index contributed by atoms with van der Waals surface area (Å²) >= 11 is 6.53. The number of benzene rings is 3. The van der Waals surface area contributed by atoms with Gasteiger partial charge in [-0.25, -0.2) is 27.2 Å². The summed E-state index contributed by atoms with van der Waals surface area (Å²) in [7, 11) is -5.09. The van der Waals surface area contributed by atoms with E-state index in [2.05, 4.69) is 14.9 Å². The van der Waals surface area contributed by atoms with Crippen molar-refractivity contribution in [3.8, 4) is 0 Å². The molecular formula is C27H21ClF4N6O4S. The predicted octanol–water partition coefficient (Wildman–Crippen LogP) is 4.82. The Morgan fingerprint density at radius 3 is 2.16 bits per heavy atom. The summed E-state index contributed by atoms with van der Waals surface area (Å²) in [4.78, 5) is 20.2. The topological polar surface area (TPSA) is 113 Å². The molecular weight excluding hydrogens is 616 g/mol. The average molecular weight is 637 g/mol. The first kappa shape index (κ1) is 29.0. The molecule has 1 fully saturated rings. The molecule has 224 valence electrons. The Kier molecular flexibility index (Phi) is 7.34. The van der Waals surface area contributed by atoms with Crippen LogP contribution in [0.3, 0.4) is 0 Å². The Labute approximate surface area is 247 Å². The summed E-state index contributed by atoms with van der Waals surface area (Å²) in [5.74, 6) is -8.91. The highest BCUT2D eigenvalue weighted by Gasteiger charge is 2.41. The molecule has 16 heteroatoms. The Morgan fingerprint density at radius 1 is 0.860 bits per heavy atom. The van der Waals surface area contributed by atoms with E-state index in [1.54, 1.807) is 4.90 Å². The molecule has 0 aliphatic carbocycles. The minimum atomic E-state index is -5.09. The highest BCUT2D eigenvalue weighted by Crippen LogP contribution is 2.37. The van der Waals surface area contributed by atoms with E-state index < -0.39 is 48.8 Å². The van der Waals surface area contributed by atoms with Crippen LogP contribution in [0, 0.1) is 33.4 Å². The third kappa shape index (κ3) is 4.80. The van der Waals surface area contributed by atoms with Crippen molar-refractivity contribution >= 4 is 49.6 Å². The van der Waals surface area contributed by atoms with Gasteiger partial charge in [-0.05, 0) is 23.9 Å². The third-order valence-electron chi connectivity index (χ3n) is 7.68. The van der Waals surface area contributed by atoms with Crippen LogP contribution in [0.2, 0.25) is 5.02 Å². The molecule has 43 heavy (non-hydrogen) atoms. The van der Waals surface area contributed by atoms with Crippen LogP contribution >= 0.6 is 11.6 Å². The van der Waals surface area contributed by atoms with E-state index in [9.17, 15) is 36.1 Å². The number of aromatic nitrogens is 2. The Hall–Kier alpha value is -4.08. The number of piperazine rings is 1. The van der Waals surface area contributed by atoms with Crippen LogP contribution in [0.4, 0.5) is 34.8 Å². The first-order valence-corrected chi connectivity index (χ1v) is 14.8. The zero-order valence-electron chi connectivity index (χ0n) is 22.1. The van der Waals surface area contributed by atoms with Gasteiger partial charge in [-0.1, -0.05) is 35.9 Å². The van der Waals surface area contributed by atoms with Crippen LogP contribution in [0.5, 0.6) is 0 Å². The lowest BCUT2D eigenvalue weighted by molar-refractivity contribution is -0.390. The second-order valence-corrected chi connectivity index (χ2v) is 12.3. The molecule has 2 aliphatic heterocycles. The van der Waals surface area contributed by atoms with Gasteiger partial charge in [0.05, 0.1) is 22.2 Å². The minimum Gasteiger partial charge on any atom is -0.365 e. The molecule has 0 atom stereocenters. The number of fused-ring (bicyclic) bond motifs is 2. The monoisotopic (exact) mass is 636 g/mol. The SMILES string of the molecule is O=[N+]([O-])c1c(F)c(F)c(S(=O)(=O)N2CCN(c3ncnc4c3CCN(c3cccc5cccc(Cl)c35)C4)CC2)c(F)c1F. The van der Waals surface area contributed by atoms with Crippen molar-refractivity contribution in [2.75, 3.05) is 42.5 Å². The van der Waals surface area contributed by atoms with Gasteiger partial charge in [0.25, 0.3) is 0 Å². The van der Waals surface area contributed by atoms with Gasteiger partial charge in [-0.3, -0.25) is 10.1 Å². The molecule has 6 rings (SSSR count). The number of nitrogens with zero attached hydrogens (tertiary/aromatic N) is 6. The maximum atomic E-state index is 14.6. The van der Waals surface area contributed by atoms with Gasteiger partial charge >= 0.3 is 5.69 Å². The van der Waals surface area contributed by atoms with E-state index in [1.165, 1.54) is 6.33 Å². The lowest BCUT2D eigenvalue weighted by atomic mass is 10.0. The van der Waals surface area contributed by atoms with E-state index in [0.717, 1.165) is 27.7 Å². The molecule has 2 aliphatic rings. The number of hydrogen-bond acceptors (Lipinski definition) is 8. The Balaban J connectivity index is 1.23. The molecule has 3 aromatic carbocycles. The Bertz CT molecular complexity index is 1870. The standard InChI is InChI=1S/C27H21ClF4N6O4S/c28-17-5-1-3-15-4-2-6-19(20(15)17)36-8-7-16-18(13-36)33-14-34-27(16)35-9-11-37(12-10-35)43(41,42)26-23(31)21(29)25(38(39)40)22(30)24(26)32/h1-6,14H,7-13H2. The Morgan fingerprint density at radius 2 is 1.51 bits per heavy atom. The number of nitro groups is 1. The van der Waals surface area contributed by atoms with Crippen LogP contribution in [0.1, 0.15) is 11.3 Å². The van der Waals surface area contributed by atoms with Gasteiger partial charge < -0.3 is 9.80 Å². The van der Waals surface area contributed by atoms with Crippen molar-refractivity contribution in [2.45, 2.75) is 17.9 Å². The molecule has 3 heterocycles. The van der Waals surface area contributed by atoms with Crippen LogP contribution in [0.25, 0.3) is 10.8 Å². The fraction of sp³-hybridized carbons (Fsp3) is 0.259. The average Bonchev–Trinajstić information content (AvgIpc) is 2.99. The largest absolute Gasteiger partial charge is 0.365 e. The first-order valence-electron chi connectivity index (χ1n) is 13.0. The fourth-order valence-corrected chi connectivity index (χ4v) is 7.42. The summed E-state index contributed by atoms with van der Waals surface area (Å²) in [6.07, 6.45) is 1.98. The number of halogens is 5. The van der Waals surface area contributed by atoms with Crippen LogP contribution in [-0.2, 0) is 23.0 Å². The van der Waals surface area contributed by atoms with E-state index >= 15 is 0 Å². The highest BCUT2D eigenvalue weighted by molar-refractivity contribution is 7.89. The normalized spacial score (nSPS) is 16.0. The lowest BCUT2D eigenvalue weighted by Gasteiger charge is -2.37. The van der Waals surface area contributed by atoms with Crippen molar-refractivity contribution in [3.05, 3.63) is 92.4 Å². The van der Waals surface area contributed by atoms with Gasteiger partial charge in [0.15, 0.2) is 16.5 Å². The molecule has 4 aromatic rings. The third-order valence-corrected chi connectivity index (χ3v) is 9.91. The van der Waals surface area contributed by atoms with Crippen LogP contribution in [0.15, 0.2) is 47.6 Å². The van der Waals surface area contributed by atoms with Gasteiger partial charge in [0.2, 0.25) is 21.7 Å². The molecule has 0 spiro atoms. The van der Waals surface area contributed by atoms with Crippen molar-refractivity contribution in [3.63, 3.8) is 0 Å². The summed E-state index contributed by atoms with van der Waals surface area (Å²) < 4.78 is 84.3. The van der Waals surface area contributed by atoms with E-state index in [1.807, 2.05) is 36.4 Å². The summed E-state index contributed by atoms with van der Waals surface area (Å²) in [6, 6.07) is 11.7. The smallest absolute Gasteiger partial charge is 0.346 e. The van der Waals surface area contributed by atoms with Crippen molar-refractivity contribution < 1.29 is 30.9 Å². The predicted molar refractivity (Wildman–Crippen MR) is 150 cm³/mol. The fourth-order valence-electron chi connectivity index (χ4n) is 5.61. The summed E-state index contributed by atoms with van der Waals surface area (Å²) in [6.45, 7) is 0.613. The summed E-state index contributed by atoms with van der Waals surface area (Å²) in [5, 5.41) is 13.4. The molecule has 1 saturated heterocycles. The van der Waals surface area contributed by atoms with E-state index in [0.29, 0.717) is 34.7 Å². The van der Waals surface area contributed by atoms with Crippen molar-refractivity contribution in [1.82, 2.24) is 14.3 Å². The second-order valence-electron chi connectivity index (χ2n) is 9.99. The zero-order valence-corrected chi connectivity index (χ0v) is 23.7. The molecule has 0 unspecified atom stereocenters. The number of anilines is 2. The van der Waals surface area contributed by atoms with E-state index in [4.69, 9.17) is 11.6 Å². The molecule has 0 N–H and O–H groups in total. The molecule has 0 radical (unpaired) electrons. The lowest BCUT2D eigenvalue weighted by Crippen LogP contribution is -2.49. The molecule has 0 amide bonds. The van der Waals surface area contributed by atoms with Crippen molar-refractivity contribution in [1.29, 1.82) is 0 Å². The second kappa shape index (κ2) is 10.9. The number of rotatable bonds is 5. The molecule has 1 aromatic heterocycles. The molecule has 10 nitrogen and oxygen atoms in total. The highest BCUT2D eigenvalue weighted by atomic mass is 35.5.